The van der Waals surface area contributed by atoms with E-state index in [4.69, 9.17) is 5.73 Å². The van der Waals surface area contributed by atoms with Crippen molar-refractivity contribution < 1.29 is 4.39 Å². The normalized spacial score (nSPS) is 23.3. The zero-order valence-electron chi connectivity index (χ0n) is 10.5. The molecule has 92 valence electrons. The van der Waals surface area contributed by atoms with E-state index in [9.17, 15) is 4.39 Å². The highest BCUT2D eigenvalue weighted by Crippen LogP contribution is 2.64. The van der Waals surface area contributed by atoms with E-state index in [2.05, 4.69) is 0 Å². The van der Waals surface area contributed by atoms with Crippen LogP contribution in [0.1, 0.15) is 31.2 Å². The van der Waals surface area contributed by atoms with Crippen LogP contribution in [0, 0.1) is 5.82 Å². The Labute approximate surface area is 102 Å². The molecule has 2 fully saturated rings. The van der Waals surface area contributed by atoms with Crippen molar-refractivity contribution in [3.05, 3.63) is 29.6 Å². The second-order valence-electron chi connectivity index (χ2n) is 5.79. The summed E-state index contributed by atoms with van der Waals surface area (Å²) >= 11 is 0. The highest BCUT2D eigenvalue weighted by Gasteiger charge is 2.64. The minimum Gasteiger partial charge on any atom is -0.377 e. The van der Waals surface area contributed by atoms with Crippen molar-refractivity contribution in [3.63, 3.8) is 0 Å². The van der Waals surface area contributed by atoms with Crippen LogP contribution in [0.4, 0.5) is 10.1 Å². The Bertz CT molecular complexity index is 459. The summed E-state index contributed by atoms with van der Waals surface area (Å²) in [6.07, 6.45) is 4.51. The maximum absolute atomic E-state index is 13.4. The van der Waals surface area contributed by atoms with E-state index >= 15 is 0 Å². The fourth-order valence-corrected chi connectivity index (χ4v) is 3.05. The molecule has 0 heterocycles. The van der Waals surface area contributed by atoms with Crippen molar-refractivity contribution in [1.29, 1.82) is 0 Å². The van der Waals surface area contributed by atoms with E-state index < -0.39 is 0 Å². The number of nitrogens with zero attached hydrogens (tertiary/aromatic N) is 1. The predicted molar refractivity (Wildman–Crippen MR) is 67.8 cm³/mol. The first-order valence-corrected chi connectivity index (χ1v) is 6.25. The van der Waals surface area contributed by atoms with Gasteiger partial charge in [0.15, 0.2) is 0 Å². The molecule has 0 amide bonds. The summed E-state index contributed by atoms with van der Waals surface area (Å²) in [7, 11) is 3.93. The Morgan fingerprint density at radius 2 is 1.82 bits per heavy atom. The summed E-state index contributed by atoms with van der Waals surface area (Å²) in [5.41, 5.74) is 8.75. The molecule has 0 bridgehead atoms. The van der Waals surface area contributed by atoms with E-state index in [0.29, 0.717) is 0 Å². The van der Waals surface area contributed by atoms with Crippen LogP contribution in [0.25, 0.3) is 0 Å². The molecule has 1 aromatic rings. The summed E-state index contributed by atoms with van der Waals surface area (Å²) < 4.78 is 13.4. The monoisotopic (exact) mass is 234 g/mol. The van der Waals surface area contributed by atoms with Crippen LogP contribution in [0.15, 0.2) is 18.2 Å². The van der Waals surface area contributed by atoms with Gasteiger partial charge in [-0.25, -0.2) is 4.39 Å². The molecule has 0 radical (unpaired) electrons. The number of nitrogens with two attached hydrogens (primary N) is 1. The van der Waals surface area contributed by atoms with Crippen molar-refractivity contribution >= 4 is 5.69 Å². The minimum absolute atomic E-state index is 0.0183. The summed E-state index contributed by atoms with van der Waals surface area (Å²) in [6.45, 7) is 0. The molecule has 3 heteroatoms. The summed E-state index contributed by atoms with van der Waals surface area (Å²) in [5.74, 6) is -0.171. The van der Waals surface area contributed by atoms with Gasteiger partial charge < -0.3 is 10.6 Å². The molecule has 1 aromatic carbocycles. The molecule has 0 aliphatic heterocycles. The lowest BCUT2D eigenvalue weighted by Crippen LogP contribution is -2.38. The van der Waals surface area contributed by atoms with Crippen molar-refractivity contribution in [2.24, 2.45) is 5.73 Å². The number of benzene rings is 1. The second-order valence-corrected chi connectivity index (χ2v) is 5.79. The Morgan fingerprint density at radius 1 is 1.18 bits per heavy atom. The van der Waals surface area contributed by atoms with Crippen molar-refractivity contribution in [2.75, 3.05) is 19.0 Å². The van der Waals surface area contributed by atoms with Gasteiger partial charge in [0.2, 0.25) is 0 Å². The summed E-state index contributed by atoms with van der Waals surface area (Å²) in [5, 5.41) is 0. The standard InChI is InChI=1S/C14H19FN2/c1-17(2)12-9-10(15)3-4-11(12)13(5-6-13)14(16)7-8-14/h3-4,9H,5-8,16H2,1-2H3. The predicted octanol–water partition coefficient (Wildman–Crippen LogP) is 2.41. The number of halogens is 1. The molecule has 0 spiro atoms. The van der Waals surface area contributed by atoms with Crippen LogP contribution in [0.5, 0.6) is 0 Å². The molecule has 0 saturated heterocycles. The number of anilines is 1. The van der Waals surface area contributed by atoms with Crippen LogP contribution in [0.3, 0.4) is 0 Å². The van der Waals surface area contributed by atoms with Crippen LogP contribution < -0.4 is 10.6 Å². The molecular formula is C14H19FN2. The highest BCUT2D eigenvalue weighted by molar-refractivity contribution is 5.60. The topological polar surface area (TPSA) is 29.3 Å². The van der Waals surface area contributed by atoms with Gasteiger partial charge in [0, 0.05) is 30.7 Å². The Morgan fingerprint density at radius 3 is 2.29 bits per heavy atom. The zero-order chi connectivity index (χ0) is 12.3. The van der Waals surface area contributed by atoms with Crippen molar-refractivity contribution in [2.45, 2.75) is 36.6 Å². The molecule has 0 unspecified atom stereocenters. The SMILES string of the molecule is CN(C)c1cc(F)ccc1C1(C2(N)CC2)CC1. The third-order valence-corrected chi connectivity index (χ3v) is 4.45. The van der Waals surface area contributed by atoms with Crippen LogP contribution in [-0.4, -0.2) is 19.6 Å². The average molecular weight is 234 g/mol. The smallest absolute Gasteiger partial charge is 0.125 e. The Kier molecular flexibility index (Phi) is 2.09. The molecule has 2 saturated carbocycles. The highest BCUT2D eigenvalue weighted by atomic mass is 19.1. The van der Waals surface area contributed by atoms with E-state index in [-0.39, 0.29) is 16.8 Å². The van der Waals surface area contributed by atoms with Gasteiger partial charge in [-0.15, -0.1) is 0 Å². The first-order valence-electron chi connectivity index (χ1n) is 6.25. The Balaban J connectivity index is 2.09. The largest absolute Gasteiger partial charge is 0.377 e. The molecule has 0 aromatic heterocycles. The molecule has 17 heavy (non-hydrogen) atoms. The number of hydrogen-bond donors (Lipinski definition) is 1. The van der Waals surface area contributed by atoms with Crippen LogP contribution >= 0.6 is 0 Å². The molecule has 3 rings (SSSR count). The zero-order valence-corrected chi connectivity index (χ0v) is 10.5. The van der Waals surface area contributed by atoms with Crippen LogP contribution in [-0.2, 0) is 5.41 Å². The molecule has 0 atom stereocenters. The Hall–Kier alpha value is -1.09. The van der Waals surface area contributed by atoms with E-state index in [1.54, 1.807) is 12.1 Å². The van der Waals surface area contributed by atoms with Gasteiger partial charge in [0.25, 0.3) is 0 Å². The summed E-state index contributed by atoms with van der Waals surface area (Å²) in [6, 6.07) is 5.12. The fraction of sp³-hybridized carbons (Fsp3) is 0.571. The molecular weight excluding hydrogens is 215 g/mol. The van der Waals surface area contributed by atoms with Gasteiger partial charge in [0.1, 0.15) is 5.82 Å². The lowest BCUT2D eigenvalue weighted by Gasteiger charge is -2.28. The number of hydrogen-bond acceptors (Lipinski definition) is 2. The summed E-state index contributed by atoms with van der Waals surface area (Å²) in [4.78, 5) is 1.99. The molecule has 2 aliphatic rings. The third kappa shape index (κ3) is 1.48. The minimum atomic E-state index is -0.171. The van der Waals surface area contributed by atoms with E-state index in [1.165, 1.54) is 5.56 Å². The van der Waals surface area contributed by atoms with Gasteiger partial charge in [-0.2, -0.15) is 0 Å². The molecule has 2 N–H and O–H groups in total. The lowest BCUT2D eigenvalue weighted by atomic mass is 9.85. The molecule has 2 nitrogen and oxygen atoms in total. The first kappa shape index (κ1) is 11.0. The number of rotatable bonds is 3. The average Bonchev–Trinajstić information content (AvgIpc) is 3.13. The quantitative estimate of drug-likeness (QED) is 0.870. The molecule has 2 aliphatic carbocycles. The lowest BCUT2D eigenvalue weighted by molar-refractivity contribution is 0.502. The van der Waals surface area contributed by atoms with Crippen molar-refractivity contribution in [1.82, 2.24) is 0 Å². The van der Waals surface area contributed by atoms with E-state index in [1.807, 2.05) is 25.1 Å². The van der Waals surface area contributed by atoms with Crippen LogP contribution in [0.2, 0.25) is 0 Å². The second kappa shape index (κ2) is 3.22. The maximum Gasteiger partial charge on any atom is 0.125 e. The third-order valence-electron chi connectivity index (χ3n) is 4.45. The maximum atomic E-state index is 13.4. The van der Waals surface area contributed by atoms with Gasteiger partial charge >= 0.3 is 0 Å². The van der Waals surface area contributed by atoms with E-state index in [0.717, 1.165) is 31.4 Å². The first-order chi connectivity index (χ1) is 7.98. The van der Waals surface area contributed by atoms with Crippen molar-refractivity contribution in [3.8, 4) is 0 Å². The van der Waals surface area contributed by atoms with Gasteiger partial charge in [-0.3, -0.25) is 0 Å². The van der Waals surface area contributed by atoms with Gasteiger partial charge in [0.05, 0.1) is 0 Å². The van der Waals surface area contributed by atoms with Gasteiger partial charge in [-0.05, 0) is 43.4 Å². The van der Waals surface area contributed by atoms with Gasteiger partial charge in [-0.1, -0.05) is 6.07 Å². The fourth-order valence-electron chi connectivity index (χ4n) is 3.05.